The minimum Gasteiger partial charge on any atom is -0.480 e. The predicted molar refractivity (Wildman–Crippen MR) is 71.2 cm³/mol. The average Bonchev–Trinajstić information content (AvgIpc) is 2.83. The number of amides is 3. The Morgan fingerprint density at radius 2 is 2.00 bits per heavy atom. The first kappa shape index (κ1) is 14.6. The number of carbonyl (C=O) groups excluding carboxylic acids is 2. The van der Waals surface area contributed by atoms with Crippen LogP contribution in [0.2, 0.25) is 0 Å². The zero-order valence-corrected chi connectivity index (χ0v) is 11.4. The summed E-state index contributed by atoms with van der Waals surface area (Å²) in [5.41, 5.74) is -1.14. The number of urea groups is 1. The third-order valence-corrected chi connectivity index (χ3v) is 4.06. The molecule has 7 heteroatoms. The van der Waals surface area contributed by atoms with Crippen molar-refractivity contribution in [1.82, 2.24) is 16.0 Å². The minimum atomic E-state index is -1.14. The summed E-state index contributed by atoms with van der Waals surface area (Å²) in [5.74, 6) is -0.979. The van der Waals surface area contributed by atoms with Crippen molar-refractivity contribution in [3.8, 4) is 0 Å². The molecule has 7 nitrogen and oxygen atoms in total. The molecule has 3 amide bonds. The molecule has 0 aromatic rings. The predicted octanol–water partition coefficient (Wildman–Crippen LogP) is 0.352. The Balaban J connectivity index is 1.82. The third-order valence-electron chi connectivity index (χ3n) is 4.06. The van der Waals surface area contributed by atoms with Gasteiger partial charge in [-0.25, -0.2) is 9.59 Å². The lowest BCUT2D eigenvalue weighted by atomic mass is 9.82. The molecule has 2 fully saturated rings. The standard InChI is InChI=1S/C13H21N3O4/c17-10-5-4-9(15-10)8-14-12(20)16-13(11(18)19)6-2-1-3-7-13/h9H,1-8H2,(H,15,17)(H,18,19)(H2,14,16,20). The van der Waals surface area contributed by atoms with E-state index in [4.69, 9.17) is 0 Å². The van der Waals surface area contributed by atoms with Gasteiger partial charge in [-0.05, 0) is 19.3 Å². The van der Waals surface area contributed by atoms with Gasteiger partial charge >= 0.3 is 12.0 Å². The average molecular weight is 283 g/mol. The van der Waals surface area contributed by atoms with Crippen molar-refractivity contribution >= 4 is 17.9 Å². The largest absolute Gasteiger partial charge is 0.480 e. The molecule has 1 saturated heterocycles. The Kier molecular flexibility index (Phi) is 4.46. The molecule has 0 aromatic heterocycles. The molecule has 4 N–H and O–H groups in total. The highest BCUT2D eigenvalue weighted by atomic mass is 16.4. The summed E-state index contributed by atoms with van der Waals surface area (Å²) in [5, 5.41) is 17.3. The van der Waals surface area contributed by atoms with Crippen molar-refractivity contribution in [2.75, 3.05) is 6.54 Å². The van der Waals surface area contributed by atoms with Gasteiger partial charge in [-0.3, -0.25) is 4.79 Å². The first-order chi connectivity index (χ1) is 9.52. The maximum atomic E-state index is 11.9. The van der Waals surface area contributed by atoms with Gasteiger partial charge in [0.25, 0.3) is 0 Å². The summed E-state index contributed by atoms with van der Waals surface area (Å²) < 4.78 is 0. The summed E-state index contributed by atoms with van der Waals surface area (Å²) >= 11 is 0. The molecule has 2 aliphatic rings. The third kappa shape index (κ3) is 3.40. The molecule has 1 aliphatic carbocycles. The molecule has 1 unspecified atom stereocenters. The van der Waals surface area contributed by atoms with E-state index in [9.17, 15) is 19.5 Å². The van der Waals surface area contributed by atoms with E-state index in [-0.39, 0.29) is 11.9 Å². The molecule has 2 rings (SSSR count). The number of aliphatic carboxylic acids is 1. The van der Waals surface area contributed by atoms with E-state index >= 15 is 0 Å². The minimum absolute atomic E-state index is 0.00788. The van der Waals surface area contributed by atoms with Crippen LogP contribution in [-0.4, -0.2) is 41.1 Å². The molecular weight excluding hydrogens is 262 g/mol. The zero-order chi connectivity index (χ0) is 14.6. The first-order valence-corrected chi connectivity index (χ1v) is 7.11. The summed E-state index contributed by atoms with van der Waals surface area (Å²) in [7, 11) is 0. The molecule has 20 heavy (non-hydrogen) atoms. The van der Waals surface area contributed by atoms with Crippen LogP contribution in [0.1, 0.15) is 44.9 Å². The zero-order valence-electron chi connectivity index (χ0n) is 11.4. The molecule has 0 bridgehead atoms. The lowest BCUT2D eigenvalue weighted by Crippen LogP contribution is -2.58. The number of carboxylic acids is 1. The fourth-order valence-electron chi connectivity index (χ4n) is 2.86. The van der Waals surface area contributed by atoms with Crippen LogP contribution in [0.3, 0.4) is 0 Å². The van der Waals surface area contributed by atoms with E-state index in [2.05, 4.69) is 16.0 Å². The Labute approximate surface area is 117 Å². The summed E-state index contributed by atoms with van der Waals surface area (Å²) in [6.07, 6.45) is 4.74. The van der Waals surface area contributed by atoms with Gasteiger partial charge in [0.1, 0.15) is 5.54 Å². The Morgan fingerprint density at radius 3 is 2.55 bits per heavy atom. The van der Waals surface area contributed by atoms with Crippen LogP contribution >= 0.6 is 0 Å². The highest BCUT2D eigenvalue weighted by molar-refractivity contribution is 5.86. The van der Waals surface area contributed by atoms with E-state index in [1.807, 2.05) is 0 Å². The van der Waals surface area contributed by atoms with Crippen LogP contribution in [0, 0.1) is 0 Å². The van der Waals surface area contributed by atoms with Crippen LogP contribution < -0.4 is 16.0 Å². The highest BCUT2D eigenvalue weighted by Crippen LogP contribution is 2.28. The van der Waals surface area contributed by atoms with E-state index in [0.717, 1.165) is 19.3 Å². The molecular formula is C13H21N3O4. The highest BCUT2D eigenvalue weighted by Gasteiger charge is 2.41. The normalized spacial score (nSPS) is 24.8. The molecule has 112 valence electrons. The molecule has 1 atom stereocenters. The quantitative estimate of drug-likeness (QED) is 0.597. The van der Waals surface area contributed by atoms with Crippen LogP contribution in [-0.2, 0) is 9.59 Å². The van der Waals surface area contributed by atoms with E-state index in [0.29, 0.717) is 32.2 Å². The van der Waals surface area contributed by atoms with E-state index in [1.54, 1.807) is 0 Å². The van der Waals surface area contributed by atoms with Gasteiger partial charge in [-0.1, -0.05) is 19.3 Å². The molecule has 0 aromatic carbocycles. The summed E-state index contributed by atoms with van der Waals surface area (Å²) in [6, 6.07) is -0.532. The van der Waals surface area contributed by atoms with Crippen LogP contribution in [0.5, 0.6) is 0 Å². The number of rotatable bonds is 4. The Hall–Kier alpha value is -1.79. The van der Waals surface area contributed by atoms with Crippen LogP contribution in [0.15, 0.2) is 0 Å². The molecule has 1 heterocycles. The lowest BCUT2D eigenvalue weighted by molar-refractivity contribution is -0.145. The molecule has 1 saturated carbocycles. The number of carboxylic acid groups (broad SMARTS) is 1. The van der Waals surface area contributed by atoms with Crippen molar-refractivity contribution in [1.29, 1.82) is 0 Å². The second-order valence-corrected chi connectivity index (χ2v) is 5.59. The molecule has 0 spiro atoms. The second kappa shape index (κ2) is 6.11. The van der Waals surface area contributed by atoms with E-state index in [1.165, 1.54) is 0 Å². The van der Waals surface area contributed by atoms with Gasteiger partial charge in [-0.15, -0.1) is 0 Å². The molecule has 1 aliphatic heterocycles. The van der Waals surface area contributed by atoms with Crippen LogP contribution in [0.25, 0.3) is 0 Å². The number of nitrogens with one attached hydrogen (secondary N) is 3. The number of hydrogen-bond donors (Lipinski definition) is 4. The topological polar surface area (TPSA) is 108 Å². The van der Waals surface area contributed by atoms with Gasteiger partial charge in [0, 0.05) is 19.0 Å². The summed E-state index contributed by atoms with van der Waals surface area (Å²) in [4.78, 5) is 34.3. The Bertz CT molecular complexity index is 404. The second-order valence-electron chi connectivity index (χ2n) is 5.59. The maximum Gasteiger partial charge on any atom is 0.329 e. The van der Waals surface area contributed by atoms with Gasteiger partial charge < -0.3 is 21.1 Å². The summed E-state index contributed by atoms with van der Waals surface area (Å²) in [6.45, 7) is 0.327. The fourth-order valence-corrected chi connectivity index (χ4v) is 2.86. The fraction of sp³-hybridized carbons (Fsp3) is 0.769. The number of carbonyl (C=O) groups is 3. The van der Waals surface area contributed by atoms with Crippen LogP contribution in [0.4, 0.5) is 4.79 Å². The van der Waals surface area contributed by atoms with Crippen molar-refractivity contribution in [3.05, 3.63) is 0 Å². The monoisotopic (exact) mass is 283 g/mol. The van der Waals surface area contributed by atoms with Crippen molar-refractivity contribution in [2.24, 2.45) is 0 Å². The van der Waals surface area contributed by atoms with Gasteiger partial charge in [0.05, 0.1) is 0 Å². The van der Waals surface area contributed by atoms with Crippen molar-refractivity contribution < 1.29 is 19.5 Å². The van der Waals surface area contributed by atoms with Crippen molar-refractivity contribution in [3.63, 3.8) is 0 Å². The maximum absolute atomic E-state index is 11.9. The van der Waals surface area contributed by atoms with E-state index < -0.39 is 17.5 Å². The lowest BCUT2D eigenvalue weighted by Gasteiger charge is -2.34. The SMILES string of the molecule is O=C1CCC(CNC(=O)NC2(C(=O)O)CCCCC2)N1. The first-order valence-electron chi connectivity index (χ1n) is 7.11. The smallest absolute Gasteiger partial charge is 0.329 e. The Morgan fingerprint density at radius 1 is 1.30 bits per heavy atom. The van der Waals surface area contributed by atoms with Gasteiger partial charge in [-0.2, -0.15) is 0 Å². The van der Waals surface area contributed by atoms with Crippen molar-refractivity contribution in [2.45, 2.75) is 56.5 Å². The van der Waals surface area contributed by atoms with Gasteiger partial charge in [0.2, 0.25) is 5.91 Å². The molecule has 0 radical (unpaired) electrons. The van der Waals surface area contributed by atoms with Gasteiger partial charge in [0.15, 0.2) is 0 Å². The number of hydrogen-bond acceptors (Lipinski definition) is 3.